The van der Waals surface area contributed by atoms with Gasteiger partial charge in [0.15, 0.2) is 5.76 Å². The van der Waals surface area contributed by atoms with Gasteiger partial charge in [-0.05, 0) is 48.0 Å². The van der Waals surface area contributed by atoms with Gasteiger partial charge in [-0.2, -0.15) is 4.98 Å². The first kappa shape index (κ1) is 21.4. The van der Waals surface area contributed by atoms with E-state index < -0.39 is 22.1 Å². The van der Waals surface area contributed by atoms with Gasteiger partial charge in [0.1, 0.15) is 5.75 Å². The van der Waals surface area contributed by atoms with Crippen molar-refractivity contribution in [2.45, 2.75) is 17.7 Å². The molecule has 4 aromatic rings. The number of nitrogens with one attached hydrogen (secondary N) is 1. The number of rotatable bonds is 7. The van der Waals surface area contributed by atoms with Gasteiger partial charge in [0.25, 0.3) is 10.0 Å². The van der Waals surface area contributed by atoms with Crippen LogP contribution in [0.2, 0.25) is 0 Å². The highest BCUT2D eigenvalue weighted by atomic mass is 32.2. The number of alkyl halides is 3. The average molecular weight is 465 g/mol. The third-order valence-electron chi connectivity index (χ3n) is 4.18. The number of furan rings is 1. The average Bonchev–Trinajstić information content (AvgIpc) is 3.40. The third kappa shape index (κ3) is 5.09. The van der Waals surface area contributed by atoms with E-state index in [1.54, 1.807) is 30.3 Å². The first-order valence-corrected chi connectivity index (χ1v) is 10.5. The van der Waals surface area contributed by atoms with Crippen LogP contribution >= 0.6 is 0 Å². The summed E-state index contributed by atoms with van der Waals surface area (Å²) in [4.78, 5) is 3.99. The fourth-order valence-electron chi connectivity index (χ4n) is 2.79. The predicted molar refractivity (Wildman–Crippen MR) is 105 cm³/mol. The molecule has 0 radical (unpaired) electrons. The fourth-order valence-corrected chi connectivity index (χ4v) is 3.89. The van der Waals surface area contributed by atoms with E-state index in [4.69, 9.17) is 8.94 Å². The van der Waals surface area contributed by atoms with Crippen molar-refractivity contribution in [3.05, 3.63) is 78.4 Å². The maximum atomic E-state index is 12.7. The number of anilines is 1. The lowest BCUT2D eigenvalue weighted by atomic mass is 10.1. The van der Waals surface area contributed by atoms with Crippen LogP contribution in [0.4, 0.5) is 18.9 Å². The fraction of sp³-hybridized carbons (Fsp3) is 0.100. The van der Waals surface area contributed by atoms with Gasteiger partial charge < -0.3 is 13.7 Å². The summed E-state index contributed by atoms with van der Waals surface area (Å²) in [5.74, 6) is 0.383. The minimum absolute atomic E-state index is 0.130. The summed E-state index contributed by atoms with van der Waals surface area (Å²) >= 11 is 0. The minimum Gasteiger partial charge on any atom is -0.461 e. The Bertz CT molecular complexity index is 1300. The van der Waals surface area contributed by atoms with E-state index in [-0.39, 0.29) is 28.7 Å². The number of halogens is 3. The summed E-state index contributed by atoms with van der Waals surface area (Å²) in [5, 5.41) is 3.83. The lowest BCUT2D eigenvalue weighted by molar-refractivity contribution is -0.274. The highest BCUT2D eigenvalue weighted by Crippen LogP contribution is 2.26. The Hall–Kier alpha value is -3.80. The number of benzene rings is 2. The van der Waals surface area contributed by atoms with Gasteiger partial charge in [-0.3, -0.25) is 4.72 Å². The maximum Gasteiger partial charge on any atom is 0.573 e. The van der Waals surface area contributed by atoms with Crippen LogP contribution in [0.25, 0.3) is 11.6 Å². The first-order valence-electron chi connectivity index (χ1n) is 9.03. The molecule has 0 bridgehead atoms. The summed E-state index contributed by atoms with van der Waals surface area (Å²) in [7, 11) is -4.09. The molecule has 1 N–H and O–H groups in total. The number of ether oxygens (including phenoxy) is 1. The van der Waals surface area contributed by atoms with E-state index in [1.807, 2.05) is 0 Å². The van der Waals surface area contributed by atoms with Crippen molar-refractivity contribution >= 4 is 15.7 Å². The quantitative estimate of drug-likeness (QED) is 0.424. The van der Waals surface area contributed by atoms with Gasteiger partial charge in [-0.1, -0.05) is 23.4 Å². The molecule has 2 aromatic carbocycles. The second-order valence-electron chi connectivity index (χ2n) is 6.45. The lowest BCUT2D eigenvalue weighted by Crippen LogP contribution is -2.17. The third-order valence-corrected chi connectivity index (χ3v) is 5.56. The largest absolute Gasteiger partial charge is 0.573 e. The highest BCUT2D eigenvalue weighted by Gasteiger charge is 2.31. The van der Waals surface area contributed by atoms with Crippen LogP contribution in [-0.2, 0) is 16.4 Å². The van der Waals surface area contributed by atoms with Crippen molar-refractivity contribution in [2.75, 3.05) is 4.72 Å². The minimum atomic E-state index is -4.87. The van der Waals surface area contributed by atoms with E-state index in [0.717, 1.165) is 24.3 Å². The molecule has 2 aromatic heterocycles. The number of nitrogens with zero attached hydrogens (tertiary/aromatic N) is 2. The molecule has 4 rings (SSSR count). The normalized spacial score (nSPS) is 12.0. The summed E-state index contributed by atoms with van der Waals surface area (Å²) in [6.07, 6.45) is -3.27. The molecule has 0 saturated heterocycles. The molecule has 0 saturated carbocycles. The topological polar surface area (TPSA) is 107 Å². The van der Waals surface area contributed by atoms with Crippen LogP contribution < -0.4 is 9.46 Å². The van der Waals surface area contributed by atoms with Crippen LogP contribution in [-0.4, -0.2) is 24.9 Å². The van der Waals surface area contributed by atoms with Crippen LogP contribution in [0.15, 0.2) is 80.8 Å². The molecule has 0 atom stereocenters. The predicted octanol–water partition coefficient (Wildman–Crippen LogP) is 4.62. The molecule has 0 amide bonds. The SMILES string of the molecule is O=S(=O)(Nc1ccccc1Cc1nc(-c2ccco2)no1)c1ccc(OC(F)(F)F)cc1. The molecular weight excluding hydrogens is 451 g/mol. The zero-order valence-corrected chi connectivity index (χ0v) is 16.9. The Morgan fingerprint density at radius 1 is 1.00 bits per heavy atom. The number of sulfonamides is 1. The van der Waals surface area contributed by atoms with Crippen LogP contribution in [0.1, 0.15) is 11.5 Å². The number of hydrogen-bond acceptors (Lipinski definition) is 7. The Morgan fingerprint density at radius 3 is 2.44 bits per heavy atom. The van der Waals surface area contributed by atoms with Crippen LogP contribution in [0.5, 0.6) is 5.75 Å². The molecule has 0 fully saturated rings. The Labute approximate surface area is 179 Å². The van der Waals surface area contributed by atoms with Crippen molar-refractivity contribution in [1.82, 2.24) is 10.1 Å². The second-order valence-corrected chi connectivity index (χ2v) is 8.13. The molecule has 2 heterocycles. The maximum absolute atomic E-state index is 12.7. The monoisotopic (exact) mass is 465 g/mol. The van der Waals surface area contributed by atoms with Crippen molar-refractivity contribution in [1.29, 1.82) is 0 Å². The molecule has 0 aliphatic heterocycles. The molecule has 12 heteroatoms. The number of hydrogen-bond donors (Lipinski definition) is 1. The van der Waals surface area contributed by atoms with Crippen molar-refractivity contribution in [3.63, 3.8) is 0 Å². The molecule has 0 aliphatic carbocycles. The molecule has 0 unspecified atom stereocenters. The van der Waals surface area contributed by atoms with Crippen molar-refractivity contribution in [3.8, 4) is 17.3 Å². The summed E-state index contributed by atoms with van der Waals surface area (Å²) in [6.45, 7) is 0. The Kier molecular flexibility index (Phi) is 5.61. The lowest BCUT2D eigenvalue weighted by Gasteiger charge is -2.13. The van der Waals surface area contributed by atoms with E-state index >= 15 is 0 Å². The van der Waals surface area contributed by atoms with Crippen molar-refractivity contribution in [2.24, 2.45) is 0 Å². The van der Waals surface area contributed by atoms with Gasteiger partial charge in [0.05, 0.1) is 23.3 Å². The standard InChI is InChI=1S/C20H14F3N3O5S/c21-20(22,23)30-14-7-9-15(10-8-14)32(27,28)26-16-5-2-1-4-13(16)12-18-24-19(25-31-18)17-6-3-11-29-17/h1-11,26H,12H2. The Balaban J connectivity index is 1.52. The zero-order chi connectivity index (χ0) is 22.8. The van der Waals surface area contributed by atoms with E-state index in [0.29, 0.717) is 11.3 Å². The molecule has 32 heavy (non-hydrogen) atoms. The smallest absolute Gasteiger partial charge is 0.461 e. The van der Waals surface area contributed by atoms with Crippen molar-refractivity contribution < 1.29 is 35.3 Å². The second kappa shape index (κ2) is 8.38. The first-order chi connectivity index (χ1) is 15.2. The van der Waals surface area contributed by atoms with Gasteiger partial charge in [0.2, 0.25) is 11.7 Å². The highest BCUT2D eigenvalue weighted by molar-refractivity contribution is 7.92. The summed E-state index contributed by atoms with van der Waals surface area (Å²) in [5.41, 5.74) is 0.795. The van der Waals surface area contributed by atoms with Crippen LogP contribution in [0, 0.1) is 0 Å². The molecule has 0 spiro atoms. The molecule has 166 valence electrons. The number of para-hydroxylation sites is 1. The van der Waals surface area contributed by atoms with E-state index in [1.165, 1.54) is 12.3 Å². The van der Waals surface area contributed by atoms with Gasteiger partial charge in [-0.15, -0.1) is 13.2 Å². The zero-order valence-electron chi connectivity index (χ0n) is 16.0. The Morgan fingerprint density at radius 2 is 1.75 bits per heavy atom. The van der Waals surface area contributed by atoms with Crippen LogP contribution in [0.3, 0.4) is 0 Å². The number of aromatic nitrogens is 2. The molecule has 8 nitrogen and oxygen atoms in total. The van der Waals surface area contributed by atoms with Gasteiger partial charge in [-0.25, -0.2) is 8.42 Å². The van der Waals surface area contributed by atoms with Gasteiger partial charge in [0, 0.05) is 0 Å². The summed E-state index contributed by atoms with van der Waals surface area (Å²) in [6, 6.07) is 13.8. The van der Waals surface area contributed by atoms with Gasteiger partial charge >= 0.3 is 6.36 Å². The molecular formula is C20H14F3N3O5S. The van der Waals surface area contributed by atoms with E-state index in [9.17, 15) is 21.6 Å². The summed E-state index contributed by atoms with van der Waals surface area (Å²) < 4.78 is 78.9. The molecule has 0 aliphatic rings. The van der Waals surface area contributed by atoms with E-state index in [2.05, 4.69) is 19.6 Å².